The monoisotopic (exact) mass is 408 g/mol. The van der Waals surface area contributed by atoms with Gasteiger partial charge in [0.2, 0.25) is 5.88 Å². The summed E-state index contributed by atoms with van der Waals surface area (Å²) in [5.41, 5.74) is 3.61. The minimum Gasteiger partial charge on any atom is -0.481 e. The number of aryl methyl sites for hydroxylation is 1. The van der Waals surface area contributed by atoms with Gasteiger partial charge in [-0.15, -0.1) is 0 Å². The van der Waals surface area contributed by atoms with Crippen LogP contribution < -0.4 is 10.3 Å². The van der Waals surface area contributed by atoms with E-state index < -0.39 is 0 Å². The van der Waals surface area contributed by atoms with Crippen molar-refractivity contribution in [1.82, 2.24) is 19.7 Å². The first kappa shape index (κ1) is 18.7. The predicted molar refractivity (Wildman–Crippen MR) is 112 cm³/mol. The van der Waals surface area contributed by atoms with E-state index in [9.17, 15) is 4.79 Å². The largest absolute Gasteiger partial charge is 0.481 e. The van der Waals surface area contributed by atoms with Crippen molar-refractivity contribution in [3.8, 4) is 17.0 Å². The molecule has 1 N–H and O–H groups in total. The number of nitrogens with zero attached hydrogens (tertiary/aromatic N) is 3. The van der Waals surface area contributed by atoms with Crippen LogP contribution in [0, 0.1) is 19.7 Å². The summed E-state index contributed by atoms with van der Waals surface area (Å²) in [5, 5.41) is 5.48. The number of nitrogens with one attached hydrogen (secondary N) is 1. The van der Waals surface area contributed by atoms with Crippen molar-refractivity contribution in [2.24, 2.45) is 0 Å². The minimum absolute atomic E-state index is 0.0317. The Hall–Kier alpha value is -3.26. The molecule has 1 saturated heterocycles. The lowest BCUT2D eigenvalue weighted by Gasteiger charge is -2.15. The molecule has 0 aliphatic carbocycles. The van der Waals surface area contributed by atoms with Gasteiger partial charge in [0, 0.05) is 29.3 Å². The third-order valence-electron chi connectivity index (χ3n) is 5.83. The number of hydrogen-bond acceptors (Lipinski definition) is 5. The fourth-order valence-electron chi connectivity index (χ4n) is 4.38. The van der Waals surface area contributed by atoms with E-state index in [1.165, 1.54) is 13.2 Å². The number of aromatic amines is 1. The Kier molecular flexibility index (Phi) is 4.32. The van der Waals surface area contributed by atoms with Crippen LogP contribution in [0.15, 0.2) is 29.3 Å². The van der Waals surface area contributed by atoms with Crippen LogP contribution in [0.3, 0.4) is 0 Å². The van der Waals surface area contributed by atoms with Crippen molar-refractivity contribution in [3.05, 3.63) is 51.8 Å². The zero-order valence-corrected chi connectivity index (χ0v) is 17.0. The van der Waals surface area contributed by atoms with Gasteiger partial charge in [0.1, 0.15) is 5.82 Å². The average molecular weight is 408 g/mol. The fraction of sp³-hybridized carbons (Fsp3) is 0.318. The van der Waals surface area contributed by atoms with Crippen molar-refractivity contribution < 1.29 is 13.9 Å². The molecule has 8 heteroatoms. The van der Waals surface area contributed by atoms with E-state index in [2.05, 4.69) is 15.1 Å². The molecule has 1 aliphatic heterocycles. The summed E-state index contributed by atoms with van der Waals surface area (Å²) in [6.45, 7) is 4.90. The molecule has 3 aromatic heterocycles. The Morgan fingerprint density at radius 1 is 1.27 bits per heavy atom. The van der Waals surface area contributed by atoms with E-state index in [4.69, 9.17) is 9.47 Å². The summed E-state index contributed by atoms with van der Waals surface area (Å²) >= 11 is 0. The summed E-state index contributed by atoms with van der Waals surface area (Å²) in [6.07, 6.45) is 4.01. The number of halogens is 1. The topological polar surface area (TPSA) is 82.0 Å². The van der Waals surface area contributed by atoms with Gasteiger partial charge in [-0.05, 0) is 43.5 Å². The lowest BCUT2D eigenvalue weighted by Crippen LogP contribution is -2.12. The highest BCUT2D eigenvalue weighted by atomic mass is 19.1. The van der Waals surface area contributed by atoms with E-state index in [-0.39, 0.29) is 17.4 Å². The SMILES string of the molecule is COc1ncc(C)c(-c2cc3[nH]c(=O)c4cnn([C@H]5CCOC5)c4c3cc2F)c1C. The van der Waals surface area contributed by atoms with Crippen LogP contribution in [-0.4, -0.2) is 40.1 Å². The second-order valence-electron chi connectivity index (χ2n) is 7.65. The van der Waals surface area contributed by atoms with Crippen LogP contribution in [0.25, 0.3) is 32.9 Å². The van der Waals surface area contributed by atoms with Gasteiger partial charge >= 0.3 is 0 Å². The summed E-state index contributed by atoms with van der Waals surface area (Å²) < 4.78 is 28.0. The standard InChI is InChI=1S/C22H21FN4O3/c1-11-8-24-22(29-3)12(2)19(11)14-7-18-15(6-17(14)23)20-16(21(28)26-18)9-25-27(20)13-4-5-30-10-13/h6-9,13H,4-5,10H2,1-3H3,(H,26,28)/t13-/m0/s1. The maximum absolute atomic E-state index is 15.4. The lowest BCUT2D eigenvalue weighted by atomic mass is 9.95. The molecule has 4 heterocycles. The maximum atomic E-state index is 15.4. The van der Waals surface area contributed by atoms with Crippen LogP contribution in [0.4, 0.5) is 4.39 Å². The number of H-pyrrole nitrogens is 1. The first-order valence-electron chi connectivity index (χ1n) is 9.80. The van der Waals surface area contributed by atoms with Crippen LogP contribution in [-0.2, 0) is 4.74 Å². The van der Waals surface area contributed by atoms with Gasteiger partial charge in [-0.2, -0.15) is 5.10 Å². The van der Waals surface area contributed by atoms with Gasteiger partial charge in [0.25, 0.3) is 5.56 Å². The molecule has 0 amide bonds. The lowest BCUT2D eigenvalue weighted by molar-refractivity contribution is 0.185. The van der Waals surface area contributed by atoms with E-state index in [1.807, 2.05) is 13.8 Å². The molecule has 0 radical (unpaired) electrons. The first-order valence-corrected chi connectivity index (χ1v) is 9.80. The van der Waals surface area contributed by atoms with E-state index in [1.54, 1.807) is 23.1 Å². The second-order valence-corrected chi connectivity index (χ2v) is 7.65. The van der Waals surface area contributed by atoms with Crippen LogP contribution in [0.5, 0.6) is 5.88 Å². The number of benzene rings is 1. The predicted octanol–water partition coefficient (Wildman–Crippen LogP) is 3.67. The van der Waals surface area contributed by atoms with Crippen LogP contribution >= 0.6 is 0 Å². The summed E-state index contributed by atoms with van der Waals surface area (Å²) in [7, 11) is 1.54. The quantitative estimate of drug-likeness (QED) is 0.559. The molecule has 154 valence electrons. The molecule has 30 heavy (non-hydrogen) atoms. The van der Waals surface area contributed by atoms with Gasteiger partial charge in [0.15, 0.2) is 0 Å². The molecule has 0 saturated carbocycles. The van der Waals surface area contributed by atoms with Crippen molar-refractivity contribution >= 4 is 21.8 Å². The van der Waals surface area contributed by atoms with Crippen molar-refractivity contribution in [2.45, 2.75) is 26.3 Å². The molecule has 1 aromatic carbocycles. The molecule has 1 fully saturated rings. The number of hydrogen-bond donors (Lipinski definition) is 1. The molecular weight excluding hydrogens is 387 g/mol. The highest BCUT2D eigenvalue weighted by molar-refractivity contribution is 6.04. The number of rotatable bonds is 3. The van der Waals surface area contributed by atoms with Gasteiger partial charge in [-0.25, -0.2) is 9.37 Å². The number of ether oxygens (including phenoxy) is 2. The third-order valence-corrected chi connectivity index (χ3v) is 5.83. The molecule has 5 rings (SSSR count). The zero-order valence-electron chi connectivity index (χ0n) is 17.0. The number of methoxy groups -OCH3 is 1. The Balaban J connectivity index is 1.81. The van der Waals surface area contributed by atoms with Crippen molar-refractivity contribution in [3.63, 3.8) is 0 Å². The first-order chi connectivity index (χ1) is 14.5. The van der Waals surface area contributed by atoms with E-state index in [0.29, 0.717) is 52.0 Å². The van der Waals surface area contributed by atoms with Gasteiger partial charge in [0.05, 0.1) is 42.4 Å². The highest BCUT2D eigenvalue weighted by Gasteiger charge is 2.24. The Morgan fingerprint density at radius 3 is 2.83 bits per heavy atom. The highest BCUT2D eigenvalue weighted by Crippen LogP contribution is 2.36. The Labute approximate surface area is 171 Å². The van der Waals surface area contributed by atoms with Gasteiger partial charge in [-0.1, -0.05) is 0 Å². The minimum atomic E-state index is -0.384. The summed E-state index contributed by atoms with van der Waals surface area (Å²) in [4.78, 5) is 19.9. The number of pyridine rings is 2. The number of fused-ring (bicyclic) bond motifs is 3. The smallest absolute Gasteiger partial charge is 0.259 e. The van der Waals surface area contributed by atoms with Crippen LogP contribution in [0.2, 0.25) is 0 Å². The fourth-order valence-corrected chi connectivity index (χ4v) is 4.38. The second kappa shape index (κ2) is 6.91. The Bertz CT molecular complexity index is 1350. The molecule has 4 aromatic rings. The van der Waals surface area contributed by atoms with Crippen molar-refractivity contribution in [1.29, 1.82) is 0 Å². The zero-order chi connectivity index (χ0) is 21.0. The molecular formula is C22H21FN4O3. The molecule has 0 unspecified atom stereocenters. The molecule has 0 bridgehead atoms. The summed E-state index contributed by atoms with van der Waals surface area (Å²) in [6, 6.07) is 3.19. The van der Waals surface area contributed by atoms with E-state index in [0.717, 1.165) is 17.5 Å². The molecule has 0 spiro atoms. The summed E-state index contributed by atoms with van der Waals surface area (Å²) in [5.74, 6) is 0.0593. The normalized spacial score (nSPS) is 16.6. The van der Waals surface area contributed by atoms with Crippen LogP contribution in [0.1, 0.15) is 23.6 Å². The molecule has 1 aliphatic rings. The maximum Gasteiger partial charge on any atom is 0.259 e. The average Bonchev–Trinajstić information content (AvgIpc) is 3.39. The molecule has 7 nitrogen and oxygen atoms in total. The number of aromatic nitrogens is 4. The molecule has 1 atom stereocenters. The van der Waals surface area contributed by atoms with E-state index >= 15 is 4.39 Å². The van der Waals surface area contributed by atoms with Gasteiger partial charge in [-0.3, -0.25) is 9.48 Å². The van der Waals surface area contributed by atoms with Gasteiger partial charge < -0.3 is 14.5 Å². The van der Waals surface area contributed by atoms with Crippen molar-refractivity contribution in [2.75, 3.05) is 20.3 Å². The third kappa shape index (κ3) is 2.71. The Morgan fingerprint density at radius 2 is 2.10 bits per heavy atom.